The number of nitrogens with one attached hydrogen (secondary N) is 2. The summed E-state index contributed by atoms with van der Waals surface area (Å²) in [5.41, 5.74) is 9.31. The number of benzene rings is 2. The Bertz CT molecular complexity index is 1530. The fraction of sp³-hybridized carbons (Fsp3) is 0.300. The molecular formula is C30H31N7O. The molecule has 1 saturated heterocycles. The average Bonchev–Trinajstić information content (AvgIpc) is 3.46. The van der Waals surface area contributed by atoms with Crippen molar-refractivity contribution in [3.05, 3.63) is 89.4 Å². The Hall–Kier alpha value is -4.17. The van der Waals surface area contributed by atoms with Crippen LogP contribution in [-0.4, -0.2) is 51.3 Å². The van der Waals surface area contributed by atoms with E-state index in [1.807, 2.05) is 22.3 Å². The van der Waals surface area contributed by atoms with Gasteiger partial charge in [0.05, 0.1) is 23.2 Å². The molecule has 0 aliphatic carbocycles. The number of pyridine rings is 1. The third kappa shape index (κ3) is 3.67. The number of amides is 1. The van der Waals surface area contributed by atoms with Crippen LogP contribution in [0.1, 0.15) is 43.4 Å². The summed E-state index contributed by atoms with van der Waals surface area (Å²) >= 11 is 0. The molecule has 1 fully saturated rings. The molecule has 38 heavy (non-hydrogen) atoms. The molecule has 8 heteroatoms. The van der Waals surface area contributed by atoms with Gasteiger partial charge >= 0.3 is 0 Å². The number of fused-ring (bicyclic) bond motifs is 4. The molecule has 2 aromatic carbocycles. The fourth-order valence-corrected chi connectivity index (χ4v) is 6.13. The number of hydrazine groups is 1. The van der Waals surface area contributed by atoms with E-state index in [2.05, 4.69) is 94.2 Å². The number of likely N-dealkylation sites (tertiary alicyclic amines) is 1. The zero-order valence-corrected chi connectivity index (χ0v) is 21.7. The van der Waals surface area contributed by atoms with Crippen molar-refractivity contribution < 1.29 is 4.79 Å². The van der Waals surface area contributed by atoms with Crippen molar-refractivity contribution in [3.63, 3.8) is 0 Å². The van der Waals surface area contributed by atoms with Crippen LogP contribution in [0.5, 0.6) is 0 Å². The van der Waals surface area contributed by atoms with Crippen LogP contribution in [-0.2, 0) is 16.8 Å². The first-order chi connectivity index (χ1) is 18.5. The predicted octanol–water partition coefficient (Wildman–Crippen LogP) is 4.39. The first kappa shape index (κ1) is 23.0. The van der Waals surface area contributed by atoms with Gasteiger partial charge in [0.1, 0.15) is 12.2 Å². The highest BCUT2D eigenvalue weighted by Gasteiger charge is 2.48. The molecule has 1 aromatic heterocycles. The largest absolute Gasteiger partial charge is 0.325 e. The van der Waals surface area contributed by atoms with Gasteiger partial charge in [-0.25, -0.2) is 10.0 Å². The minimum Gasteiger partial charge on any atom is -0.325 e. The van der Waals surface area contributed by atoms with Crippen molar-refractivity contribution in [2.75, 3.05) is 18.4 Å². The average molecular weight is 506 g/mol. The molecule has 0 atom stereocenters. The van der Waals surface area contributed by atoms with E-state index in [9.17, 15) is 4.79 Å². The summed E-state index contributed by atoms with van der Waals surface area (Å²) in [6.45, 7) is 7.02. The number of nitrogens with zero attached hydrogens (tertiary/aromatic N) is 5. The summed E-state index contributed by atoms with van der Waals surface area (Å²) in [5, 5.41) is 12.9. The van der Waals surface area contributed by atoms with Crippen LogP contribution >= 0.6 is 0 Å². The molecule has 1 amide bonds. The zero-order chi connectivity index (χ0) is 25.9. The molecule has 2 N–H and O–H groups in total. The molecule has 3 aromatic rings. The second-order valence-electron chi connectivity index (χ2n) is 10.8. The smallest absolute Gasteiger partial charge is 0.235 e. The van der Waals surface area contributed by atoms with Gasteiger partial charge in [0.25, 0.3) is 0 Å². The highest BCUT2D eigenvalue weighted by atomic mass is 16.2. The van der Waals surface area contributed by atoms with Gasteiger partial charge in [0.15, 0.2) is 0 Å². The predicted molar refractivity (Wildman–Crippen MR) is 150 cm³/mol. The Kier molecular flexibility index (Phi) is 5.26. The molecule has 0 bridgehead atoms. The van der Waals surface area contributed by atoms with E-state index in [1.165, 1.54) is 5.56 Å². The standard InChI is InChI=1S/C30H31N7O/c1-20(2)35-14-11-30(12-15-35)24-7-6-23(17-27(24)33-29(30)38)26-9-10-28-36(32-19-37(28)34-26)18-21-5-8-25-22(16-21)4-3-13-31-25/h3-10,13,16-17,19-20,34H,11-12,14-15,18H2,1-2H3,(H,33,38). The number of hydrogen-bond donors (Lipinski definition) is 2. The molecule has 1 spiro atoms. The number of rotatable bonds is 4. The van der Waals surface area contributed by atoms with Crippen molar-refractivity contribution in [1.29, 1.82) is 0 Å². The highest BCUT2D eigenvalue weighted by molar-refractivity contribution is 6.06. The van der Waals surface area contributed by atoms with Crippen LogP contribution < -0.4 is 10.7 Å². The van der Waals surface area contributed by atoms with Crippen LogP contribution in [0.3, 0.4) is 0 Å². The van der Waals surface area contributed by atoms with E-state index in [-0.39, 0.29) is 5.91 Å². The molecule has 4 aliphatic heterocycles. The molecule has 0 radical (unpaired) electrons. The van der Waals surface area contributed by atoms with Gasteiger partial charge in [-0.1, -0.05) is 24.3 Å². The van der Waals surface area contributed by atoms with E-state index in [4.69, 9.17) is 0 Å². The Morgan fingerprint density at radius 3 is 2.76 bits per heavy atom. The van der Waals surface area contributed by atoms with Crippen molar-refractivity contribution in [2.45, 2.75) is 44.7 Å². The number of carbonyl (C=O) groups is 1. The second-order valence-corrected chi connectivity index (χ2v) is 10.8. The lowest BCUT2D eigenvalue weighted by Gasteiger charge is -2.39. The van der Waals surface area contributed by atoms with Crippen LogP contribution in [0.4, 0.5) is 5.69 Å². The lowest BCUT2D eigenvalue weighted by Crippen LogP contribution is -2.48. The summed E-state index contributed by atoms with van der Waals surface area (Å²) in [5.74, 6) is 1.11. The van der Waals surface area contributed by atoms with Crippen molar-refractivity contribution in [1.82, 2.24) is 25.3 Å². The van der Waals surface area contributed by atoms with E-state index >= 15 is 0 Å². The van der Waals surface area contributed by atoms with Gasteiger partial charge < -0.3 is 10.2 Å². The van der Waals surface area contributed by atoms with Crippen LogP contribution in [0.25, 0.3) is 16.6 Å². The van der Waals surface area contributed by atoms with Gasteiger partial charge in [-0.15, -0.1) is 0 Å². The van der Waals surface area contributed by atoms with Gasteiger partial charge in [-0.05, 0) is 87.3 Å². The molecule has 5 heterocycles. The minimum atomic E-state index is -0.401. The Balaban J connectivity index is 1.11. The number of piperidine rings is 1. The number of anilines is 1. The second kappa shape index (κ2) is 8.70. The Morgan fingerprint density at radius 2 is 1.92 bits per heavy atom. The summed E-state index contributed by atoms with van der Waals surface area (Å²) in [7, 11) is 0. The van der Waals surface area contributed by atoms with Crippen LogP contribution in [0.2, 0.25) is 0 Å². The number of aromatic nitrogens is 1. The first-order valence-electron chi connectivity index (χ1n) is 13.3. The number of allylic oxidation sites excluding steroid dienone is 2. The maximum Gasteiger partial charge on any atom is 0.235 e. The number of hydrogen-bond acceptors (Lipinski definition) is 7. The van der Waals surface area contributed by atoms with E-state index in [0.717, 1.165) is 65.2 Å². The van der Waals surface area contributed by atoms with Gasteiger partial charge in [0, 0.05) is 28.9 Å². The van der Waals surface area contributed by atoms with Crippen LogP contribution in [0, 0.1) is 0 Å². The Morgan fingerprint density at radius 1 is 1.05 bits per heavy atom. The fourth-order valence-electron chi connectivity index (χ4n) is 6.13. The summed E-state index contributed by atoms with van der Waals surface area (Å²) in [6.07, 6.45) is 9.50. The third-order valence-electron chi connectivity index (χ3n) is 8.37. The van der Waals surface area contributed by atoms with E-state index in [1.54, 1.807) is 6.34 Å². The van der Waals surface area contributed by atoms with Gasteiger partial charge in [0.2, 0.25) is 5.91 Å². The summed E-state index contributed by atoms with van der Waals surface area (Å²) in [6, 6.07) is 17.2. The maximum absolute atomic E-state index is 13.2. The molecule has 0 unspecified atom stereocenters. The third-order valence-corrected chi connectivity index (χ3v) is 8.37. The summed E-state index contributed by atoms with van der Waals surface area (Å²) < 4.78 is 0. The molecule has 192 valence electrons. The van der Waals surface area contributed by atoms with Crippen molar-refractivity contribution >= 4 is 34.5 Å². The quantitative estimate of drug-likeness (QED) is 0.548. The van der Waals surface area contributed by atoms with Gasteiger partial charge in [-0.2, -0.15) is 5.10 Å². The normalized spacial score (nSPS) is 19.9. The molecule has 7 rings (SSSR count). The van der Waals surface area contributed by atoms with E-state index < -0.39 is 5.41 Å². The van der Waals surface area contributed by atoms with Gasteiger partial charge in [-0.3, -0.25) is 15.2 Å². The number of carbonyl (C=O) groups excluding carboxylic acids is 1. The molecule has 4 aliphatic rings. The van der Waals surface area contributed by atoms with Crippen LogP contribution in [0.15, 0.2) is 77.8 Å². The van der Waals surface area contributed by atoms with Crippen molar-refractivity contribution in [2.24, 2.45) is 5.10 Å². The zero-order valence-electron chi connectivity index (χ0n) is 21.7. The highest BCUT2D eigenvalue weighted by Crippen LogP contribution is 2.46. The molecule has 0 saturated carbocycles. The lowest BCUT2D eigenvalue weighted by molar-refractivity contribution is -0.122. The summed E-state index contributed by atoms with van der Waals surface area (Å²) in [4.78, 5) is 20.0. The molecule has 8 nitrogen and oxygen atoms in total. The Labute approximate surface area is 222 Å². The SMILES string of the molecule is CC(C)N1CCC2(CC1)C(=O)Nc1cc(C3=CC=C4N(Cc5ccc6ncccc6c5)N=CN4N3)ccc12. The monoisotopic (exact) mass is 505 g/mol. The lowest BCUT2D eigenvalue weighted by atomic mass is 9.73. The minimum absolute atomic E-state index is 0.146. The number of hydrazone groups is 1. The maximum atomic E-state index is 13.2. The van der Waals surface area contributed by atoms with Crippen molar-refractivity contribution in [3.8, 4) is 0 Å². The van der Waals surface area contributed by atoms with E-state index in [0.29, 0.717) is 12.6 Å². The first-order valence-corrected chi connectivity index (χ1v) is 13.3. The topological polar surface area (TPSA) is 76.1 Å². The molecular weight excluding hydrogens is 474 g/mol.